The predicted octanol–water partition coefficient (Wildman–Crippen LogP) is 2.54. The molecule has 0 atom stereocenters. The molecule has 0 heterocycles. The molecule has 0 bridgehead atoms. The van der Waals surface area contributed by atoms with Crippen molar-refractivity contribution < 1.29 is 0 Å². The minimum Gasteiger partial charge on any atom is -0.160 e. The maximum Gasteiger partial charge on any atom is 0.0455 e. The van der Waals surface area contributed by atoms with Gasteiger partial charge < -0.3 is 0 Å². The van der Waals surface area contributed by atoms with Gasteiger partial charge in [0.15, 0.2) is 0 Å². The van der Waals surface area contributed by atoms with Crippen molar-refractivity contribution in [3.05, 3.63) is 12.3 Å². The third kappa shape index (κ3) is 7.54. The Morgan fingerprint density at radius 1 is 1.22 bits per heavy atom. The third-order valence-electron chi connectivity index (χ3n) is 1.33. The molecule has 0 amide bonds. The van der Waals surface area contributed by atoms with Gasteiger partial charge in [0.2, 0.25) is 0 Å². The van der Waals surface area contributed by atoms with Crippen LogP contribution in [0.5, 0.6) is 0 Å². The second-order valence-electron chi connectivity index (χ2n) is 2.23. The zero-order chi connectivity index (χ0) is 6.95. The SMILES string of the molecule is CCCCCC/C=C/[N]. The second-order valence-corrected chi connectivity index (χ2v) is 2.23. The molecule has 0 aliphatic heterocycles. The van der Waals surface area contributed by atoms with Gasteiger partial charge in [-0.2, -0.15) is 5.73 Å². The fourth-order valence-corrected chi connectivity index (χ4v) is 0.764. The fourth-order valence-electron chi connectivity index (χ4n) is 0.764. The van der Waals surface area contributed by atoms with Crippen molar-refractivity contribution >= 4 is 0 Å². The highest BCUT2D eigenvalue weighted by Gasteiger charge is 1.82. The lowest BCUT2D eigenvalue weighted by molar-refractivity contribution is 0.674. The normalized spacial score (nSPS) is 10.8. The Morgan fingerprint density at radius 2 is 2.00 bits per heavy atom. The van der Waals surface area contributed by atoms with Gasteiger partial charge in [0.1, 0.15) is 0 Å². The lowest BCUT2D eigenvalue weighted by Gasteiger charge is -1.92. The summed E-state index contributed by atoms with van der Waals surface area (Å²) < 4.78 is 0. The van der Waals surface area contributed by atoms with Gasteiger partial charge in [0.05, 0.1) is 0 Å². The zero-order valence-electron chi connectivity index (χ0n) is 6.14. The van der Waals surface area contributed by atoms with E-state index < -0.39 is 0 Å². The van der Waals surface area contributed by atoms with Crippen molar-refractivity contribution in [3.8, 4) is 0 Å². The number of rotatable bonds is 5. The van der Waals surface area contributed by atoms with Gasteiger partial charge in [-0.05, 0) is 12.8 Å². The van der Waals surface area contributed by atoms with Crippen LogP contribution >= 0.6 is 0 Å². The molecule has 1 heteroatoms. The van der Waals surface area contributed by atoms with E-state index in [1.807, 2.05) is 0 Å². The van der Waals surface area contributed by atoms with Crippen LogP contribution in [0.1, 0.15) is 39.0 Å². The van der Waals surface area contributed by atoms with Crippen LogP contribution in [0.2, 0.25) is 0 Å². The highest BCUT2D eigenvalue weighted by molar-refractivity contribution is 4.74. The topological polar surface area (TPSA) is 22.3 Å². The molecular formula is C8H15N. The Balaban J connectivity index is 2.75. The highest BCUT2D eigenvalue weighted by Crippen LogP contribution is 2.01. The first kappa shape index (κ1) is 8.54. The summed E-state index contributed by atoms with van der Waals surface area (Å²) in [5, 5.41) is 0. The molecule has 0 saturated heterocycles. The number of hydrogen-bond acceptors (Lipinski definition) is 0. The van der Waals surface area contributed by atoms with Crippen LogP contribution in [0.3, 0.4) is 0 Å². The van der Waals surface area contributed by atoms with Gasteiger partial charge in [0.25, 0.3) is 0 Å². The average molecular weight is 125 g/mol. The summed E-state index contributed by atoms with van der Waals surface area (Å²) in [5.41, 5.74) is 8.24. The van der Waals surface area contributed by atoms with E-state index in [-0.39, 0.29) is 0 Å². The van der Waals surface area contributed by atoms with E-state index in [0.29, 0.717) is 0 Å². The molecule has 0 saturated carbocycles. The molecule has 0 aliphatic carbocycles. The molecule has 0 aromatic carbocycles. The van der Waals surface area contributed by atoms with E-state index in [1.165, 1.54) is 25.7 Å². The van der Waals surface area contributed by atoms with Crippen molar-refractivity contribution in [3.63, 3.8) is 0 Å². The second kappa shape index (κ2) is 7.54. The molecule has 0 N–H and O–H groups in total. The maximum atomic E-state index is 8.24. The number of hydrogen-bond donors (Lipinski definition) is 0. The number of unbranched alkanes of at least 4 members (excludes halogenated alkanes) is 4. The Morgan fingerprint density at radius 3 is 2.56 bits per heavy atom. The maximum absolute atomic E-state index is 8.24. The Kier molecular flexibility index (Phi) is 7.15. The first-order chi connectivity index (χ1) is 4.41. The molecule has 9 heavy (non-hydrogen) atoms. The quantitative estimate of drug-likeness (QED) is 0.504. The Hall–Kier alpha value is -0.460. The van der Waals surface area contributed by atoms with Crippen LogP contribution < -0.4 is 5.73 Å². The van der Waals surface area contributed by atoms with Gasteiger partial charge in [-0.25, -0.2) is 0 Å². The van der Waals surface area contributed by atoms with Crippen LogP contribution in [0.15, 0.2) is 12.3 Å². The van der Waals surface area contributed by atoms with E-state index in [2.05, 4.69) is 6.92 Å². The Labute approximate surface area is 57.9 Å². The van der Waals surface area contributed by atoms with Gasteiger partial charge in [0, 0.05) is 6.20 Å². The largest absolute Gasteiger partial charge is 0.160 e. The van der Waals surface area contributed by atoms with Crippen molar-refractivity contribution in [2.45, 2.75) is 39.0 Å². The van der Waals surface area contributed by atoms with Crippen LogP contribution in [-0.4, -0.2) is 0 Å². The molecule has 52 valence electrons. The third-order valence-corrected chi connectivity index (χ3v) is 1.33. The summed E-state index contributed by atoms with van der Waals surface area (Å²) in [5.74, 6) is 0. The van der Waals surface area contributed by atoms with Crippen molar-refractivity contribution in [2.75, 3.05) is 0 Å². The van der Waals surface area contributed by atoms with Gasteiger partial charge >= 0.3 is 0 Å². The van der Waals surface area contributed by atoms with E-state index in [0.717, 1.165) is 12.6 Å². The van der Waals surface area contributed by atoms with Crippen molar-refractivity contribution in [1.29, 1.82) is 0 Å². The minimum absolute atomic E-state index is 1.02. The molecule has 0 aromatic heterocycles. The molecule has 0 fully saturated rings. The van der Waals surface area contributed by atoms with Crippen molar-refractivity contribution in [2.24, 2.45) is 0 Å². The lowest BCUT2D eigenvalue weighted by Crippen LogP contribution is -1.73. The fraction of sp³-hybridized carbons (Fsp3) is 0.750. The standard InChI is InChI=1S/C8H15N/c1-2-3-4-5-6-7-8-9/h7-8H,2-6H2,1H3/b8-7+. The monoisotopic (exact) mass is 125 g/mol. The Bertz CT molecular complexity index is 67.0. The first-order valence-electron chi connectivity index (χ1n) is 3.71. The lowest BCUT2D eigenvalue weighted by atomic mass is 10.1. The summed E-state index contributed by atoms with van der Waals surface area (Å²) in [7, 11) is 0. The van der Waals surface area contributed by atoms with E-state index >= 15 is 0 Å². The van der Waals surface area contributed by atoms with Gasteiger partial charge in [-0.3, -0.25) is 0 Å². The minimum atomic E-state index is 1.02. The predicted molar refractivity (Wildman–Crippen MR) is 40.0 cm³/mol. The summed E-state index contributed by atoms with van der Waals surface area (Å²) in [6.07, 6.45) is 9.06. The van der Waals surface area contributed by atoms with E-state index in [9.17, 15) is 0 Å². The van der Waals surface area contributed by atoms with Crippen LogP contribution in [0, 0.1) is 0 Å². The summed E-state index contributed by atoms with van der Waals surface area (Å²) in [6.45, 7) is 2.20. The smallest absolute Gasteiger partial charge is 0.0455 e. The molecule has 0 aromatic rings. The molecular weight excluding hydrogens is 110 g/mol. The summed E-state index contributed by atoms with van der Waals surface area (Å²) in [4.78, 5) is 0. The van der Waals surface area contributed by atoms with Crippen LogP contribution in [0.25, 0.3) is 0 Å². The van der Waals surface area contributed by atoms with Gasteiger partial charge in [-0.1, -0.05) is 32.3 Å². The summed E-state index contributed by atoms with van der Waals surface area (Å²) in [6, 6.07) is 0. The summed E-state index contributed by atoms with van der Waals surface area (Å²) >= 11 is 0. The van der Waals surface area contributed by atoms with Crippen molar-refractivity contribution in [1.82, 2.24) is 5.73 Å². The van der Waals surface area contributed by atoms with Gasteiger partial charge in [-0.15, -0.1) is 0 Å². The molecule has 0 aliphatic rings. The molecule has 0 rings (SSSR count). The molecule has 0 spiro atoms. The molecule has 2 radical (unpaired) electrons. The van der Waals surface area contributed by atoms with Crippen LogP contribution in [-0.2, 0) is 0 Å². The molecule has 0 unspecified atom stereocenters. The van der Waals surface area contributed by atoms with E-state index in [4.69, 9.17) is 5.73 Å². The first-order valence-corrected chi connectivity index (χ1v) is 3.71. The van der Waals surface area contributed by atoms with Crippen LogP contribution in [0.4, 0.5) is 0 Å². The molecule has 1 nitrogen and oxygen atoms in total. The highest BCUT2D eigenvalue weighted by atomic mass is 14.5. The number of allylic oxidation sites excluding steroid dienone is 1. The average Bonchev–Trinajstić information content (AvgIpc) is 1.89. The number of nitrogens with zero attached hydrogens (tertiary/aromatic N) is 1. The van der Waals surface area contributed by atoms with E-state index in [1.54, 1.807) is 6.08 Å². The zero-order valence-corrected chi connectivity index (χ0v) is 6.14.